The largest absolute Gasteiger partial charge is 0.404 e. The summed E-state index contributed by atoms with van der Waals surface area (Å²) >= 11 is 5.75. The summed E-state index contributed by atoms with van der Waals surface area (Å²) in [5.41, 5.74) is 0.217. The molecule has 0 aromatic carbocycles. The lowest BCUT2D eigenvalue weighted by Crippen LogP contribution is -2.10. The molecule has 0 aliphatic heterocycles. The number of hydrogen-bond acceptors (Lipinski definition) is 4. The van der Waals surface area contributed by atoms with Crippen molar-refractivity contribution in [3.63, 3.8) is 0 Å². The van der Waals surface area contributed by atoms with E-state index in [4.69, 9.17) is 16.3 Å². The summed E-state index contributed by atoms with van der Waals surface area (Å²) in [5.74, 6) is -0.343. The van der Waals surface area contributed by atoms with E-state index >= 15 is 0 Å². The highest BCUT2D eigenvalue weighted by Crippen LogP contribution is 2.14. The van der Waals surface area contributed by atoms with Gasteiger partial charge >= 0.3 is 5.97 Å². The third kappa shape index (κ3) is 2.35. The minimum absolute atomic E-state index is 0.114. The zero-order valence-electron chi connectivity index (χ0n) is 8.13. The lowest BCUT2D eigenvalue weighted by atomic mass is 10.3. The average molecular weight is 235 g/mol. The van der Waals surface area contributed by atoms with Gasteiger partial charge in [-0.3, -0.25) is 0 Å². The Labute approximate surface area is 96.9 Å². The predicted molar refractivity (Wildman–Crippen MR) is 58.4 cm³/mol. The van der Waals surface area contributed by atoms with Crippen molar-refractivity contribution in [1.29, 1.82) is 0 Å². The molecule has 0 saturated carbocycles. The van der Waals surface area contributed by atoms with Gasteiger partial charge in [-0.05, 0) is 18.2 Å². The normalized spacial score (nSPS) is 9.81. The first kappa shape index (κ1) is 10.6. The van der Waals surface area contributed by atoms with E-state index in [1.807, 2.05) is 0 Å². The van der Waals surface area contributed by atoms with Crippen LogP contribution in [0.25, 0.3) is 0 Å². The Morgan fingerprint density at radius 1 is 1.12 bits per heavy atom. The van der Waals surface area contributed by atoms with Gasteiger partial charge in [0.05, 0.1) is 5.56 Å². The molecule has 4 nitrogen and oxygen atoms in total. The van der Waals surface area contributed by atoms with Gasteiger partial charge in [-0.25, -0.2) is 14.8 Å². The average Bonchev–Trinajstić information content (AvgIpc) is 2.31. The van der Waals surface area contributed by atoms with Gasteiger partial charge in [-0.15, -0.1) is 0 Å². The zero-order chi connectivity index (χ0) is 11.4. The van der Waals surface area contributed by atoms with Crippen molar-refractivity contribution in [2.75, 3.05) is 0 Å². The van der Waals surface area contributed by atoms with Crippen LogP contribution in [0.3, 0.4) is 0 Å². The summed E-state index contributed by atoms with van der Waals surface area (Å²) in [6, 6.07) is 8.19. The van der Waals surface area contributed by atoms with Gasteiger partial charge in [0.25, 0.3) is 0 Å². The highest BCUT2D eigenvalue weighted by Gasteiger charge is 2.13. The first-order valence-corrected chi connectivity index (χ1v) is 4.89. The Morgan fingerprint density at radius 3 is 2.62 bits per heavy atom. The summed E-state index contributed by atoms with van der Waals surface area (Å²) < 4.78 is 5.01. The number of rotatable bonds is 2. The molecule has 0 amide bonds. The van der Waals surface area contributed by atoms with Crippen molar-refractivity contribution in [2.45, 2.75) is 0 Å². The molecule has 0 fully saturated rings. The fourth-order valence-electron chi connectivity index (χ4n) is 1.10. The van der Waals surface area contributed by atoms with Crippen molar-refractivity contribution in [2.24, 2.45) is 0 Å². The summed E-state index contributed by atoms with van der Waals surface area (Å²) in [6.45, 7) is 0. The van der Waals surface area contributed by atoms with E-state index in [0.717, 1.165) is 0 Å². The van der Waals surface area contributed by atoms with E-state index in [0.29, 0.717) is 0 Å². The highest BCUT2D eigenvalue weighted by atomic mass is 35.5. The van der Waals surface area contributed by atoms with Gasteiger partial charge in [0.2, 0.25) is 5.88 Å². The molecule has 5 heteroatoms. The molecule has 16 heavy (non-hydrogen) atoms. The Hall–Kier alpha value is -1.94. The van der Waals surface area contributed by atoms with Crippen LogP contribution < -0.4 is 4.74 Å². The maximum Gasteiger partial charge on any atom is 0.348 e. The minimum atomic E-state index is -0.572. The van der Waals surface area contributed by atoms with Crippen LogP contribution in [0.1, 0.15) is 10.4 Å². The Morgan fingerprint density at radius 2 is 1.94 bits per heavy atom. The van der Waals surface area contributed by atoms with Gasteiger partial charge in [-0.2, -0.15) is 0 Å². The Bertz CT molecular complexity index is 502. The minimum Gasteiger partial charge on any atom is -0.404 e. The number of carbonyl (C=O) groups excluding carboxylic acids is 1. The third-order valence-corrected chi connectivity index (χ3v) is 2.12. The molecule has 2 aromatic heterocycles. The van der Waals surface area contributed by atoms with Crippen molar-refractivity contribution >= 4 is 17.6 Å². The number of nitrogens with zero attached hydrogens (tertiary/aromatic N) is 2. The van der Waals surface area contributed by atoms with Crippen LogP contribution in [0.5, 0.6) is 5.88 Å². The monoisotopic (exact) mass is 234 g/mol. The van der Waals surface area contributed by atoms with Gasteiger partial charge in [0.1, 0.15) is 5.15 Å². The topological polar surface area (TPSA) is 52.1 Å². The number of carbonyl (C=O) groups is 1. The van der Waals surface area contributed by atoms with Crippen molar-refractivity contribution in [1.82, 2.24) is 9.97 Å². The van der Waals surface area contributed by atoms with Crippen LogP contribution in [-0.4, -0.2) is 15.9 Å². The molecule has 0 radical (unpaired) electrons. The Balaban J connectivity index is 2.19. The molecule has 2 heterocycles. The molecule has 0 N–H and O–H groups in total. The van der Waals surface area contributed by atoms with Crippen LogP contribution in [0.2, 0.25) is 5.15 Å². The second kappa shape index (κ2) is 4.72. The third-order valence-electron chi connectivity index (χ3n) is 1.81. The van der Waals surface area contributed by atoms with E-state index in [1.165, 1.54) is 12.4 Å². The number of ether oxygens (including phenoxy) is 1. The molecular weight excluding hydrogens is 228 g/mol. The van der Waals surface area contributed by atoms with Gasteiger partial charge in [0, 0.05) is 18.5 Å². The van der Waals surface area contributed by atoms with Crippen LogP contribution in [0.15, 0.2) is 42.7 Å². The summed E-state index contributed by atoms with van der Waals surface area (Å²) in [7, 11) is 0. The van der Waals surface area contributed by atoms with Crippen LogP contribution in [-0.2, 0) is 0 Å². The molecule has 0 unspecified atom stereocenters. The molecule has 0 bridgehead atoms. The van der Waals surface area contributed by atoms with Crippen LogP contribution in [0.4, 0.5) is 0 Å². The van der Waals surface area contributed by atoms with E-state index in [-0.39, 0.29) is 16.6 Å². The number of aromatic nitrogens is 2. The van der Waals surface area contributed by atoms with E-state index < -0.39 is 5.97 Å². The molecule has 0 atom stereocenters. The second-order valence-corrected chi connectivity index (χ2v) is 3.26. The first-order chi connectivity index (χ1) is 7.77. The van der Waals surface area contributed by atoms with Crippen molar-refractivity contribution < 1.29 is 9.53 Å². The molecule has 0 aliphatic carbocycles. The lowest BCUT2D eigenvalue weighted by molar-refractivity contribution is 0.0727. The molecule has 0 saturated heterocycles. The maximum atomic E-state index is 11.6. The fourth-order valence-corrected chi connectivity index (χ4v) is 1.29. The SMILES string of the molecule is O=C(Oc1ccccn1)c1cccnc1Cl. The smallest absolute Gasteiger partial charge is 0.348 e. The maximum absolute atomic E-state index is 11.6. The number of hydrogen-bond donors (Lipinski definition) is 0. The molecular formula is C11H7ClN2O2. The molecule has 2 rings (SSSR count). The predicted octanol–water partition coefficient (Wildman–Crippen LogP) is 2.35. The summed E-state index contributed by atoms with van der Waals surface area (Å²) in [6.07, 6.45) is 3.04. The molecule has 0 aliphatic rings. The number of halogens is 1. The Kier molecular flexibility index (Phi) is 3.12. The standard InChI is InChI=1S/C11H7ClN2O2/c12-10-8(4-3-7-14-10)11(15)16-9-5-1-2-6-13-9/h1-7H. The van der Waals surface area contributed by atoms with E-state index in [2.05, 4.69) is 9.97 Å². The first-order valence-electron chi connectivity index (χ1n) is 4.51. The van der Waals surface area contributed by atoms with Gasteiger partial charge in [-0.1, -0.05) is 17.7 Å². The molecule has 80 valence electrons. The van der Waals surface area contributed by atoms with Crippen molar-refractivity contribution in [3.05, 3.63) is 53.4 Å². The lowest BCUT2D eigenvalue weighted by Gasteiger charge is -2.03. The summed E-state index contributed by atoms with van der Waals surface area (Å²) in [4.78, 5) is 19.3. The number of esters is 1. The van der Waals surface area contributed by atoms with Crippen LogP contribution in [0, 0.1) is 0 Å². The number of pyridine rings is 2. The van der Waals surface area contributed by atoms with E-state index in [1.54, 1.807) is 30.3 Å². The highest BCUT2D eigenvalue weighted by molar-refractivity contribution is 6.32. The van der Waals surface area contributed by atoms with E-state index in [9.17, 15) is 4.79 Å². The second-order valence-electron chi connectivity index (χ2n) is 2.90. The van der Waals surface area contributed by atoms with Crippen LogP contribution >= 0.6 is 11.6 Å². The van der Waals surface area contributed by atoms with Crippen molar-refractivity contribution in [3.8, 4) is 5.88 Å². The fraction of sp³-hybridized carbons (Fsp3) is 0. The molecule has 2 aromatic rings. The zero-order valence-corrected chi connectivity index (χ0v) is 8.89. The van der Waals surface area contributed by atoms with Gasteiger partial charge in [0.15, 0.2) is 0 Å². The quantitative estimate of drug-likeness (QED) is 0.591. The van der Waals surface area contributed by atoms with Gasteiger partial charge < -0.3 is 4.74 Å². The summed E-state index contributed by atoms with van der Waals surface area (Å²) in [5, 5.41) is 0.114. The molecule has 0 spiro atoms.